The zero-order chi connectivity index (χ0) is 14.0. The summed E-state index contributed by atoms with van der Waals surface area (Å²) in [6.07, 6.45) is 0. The van der Waals surface area contributed by atoms with Gasteiger partial charge in [0.2, 0.25) is 0 Å². The van der Waals surface area contributed by atoms with E-state index in [1.165, 1.54) is 0 Å². The number of aromatic nitrogens is 1. The second kappa shape index (κ2) is 5.17. The number of carbonyl (C=O) groups excluding carboxylic acids is 1. The number of ether oxygens (including phenoxy) is 1. The summed E-state index contributed by atoms with van der Waals surface area (Å²) in [6.45, 7) is 5.34. The van der Waals surface area contributed by atoms with Crippen molar-refractivity contribution in [2.24, 2.45) is 5.41 Å². The Morgan fingerprint density at radius 1 is 1.26 bits per heavy atom. The standard InChI is InChI=1S/C14H14BrNO3/c1-14(2,3)13(17)18-12-8-11(16-19-12)9-4-6-10(15)7-5-9/h4-8H,1-3H3. The van der Waals surface area contributed by atoms with E-state index >= 15 is 0 Å². The molecular weight excluding hydrogens is 310 g/mol. The monoisotopic (exact) mass is 323 g/mol. The summed E-state index contributed by atoms with van der Waals surface area (Å²) in [5.41, 5.74) is 0.944. The lowest BCUT2D eigenvalue weighted by molar-refractivity contribution is -0.144. The third-order valence-corrected chi connectivity index (χ3v) is 2.96. The number of halogens is 1. The van der Waals surface area contributed by atoms with E-state index in [1.807, 2.05) is 24.3 Å². The number of nitrogens with zero attached hydrogens (tertiary/aromatic N) is 1. The fraction of sp³-hybridized carbons (Fsp3) is 0.286. The topological polar surface area (TPSA) is 52.3 Å². The normalized spacial score (nSPS) is 11.4. The van der Waals surface area contributed by atoms with Gasteiger partial charge >= 0.3 is 11.9 Å². The molecule has 0 amide bonds. The average molecular weight is 324 g/mol. The smallest absolute Gasteiger partial charge is 0.319 e. The summed E-state index contributed by atoms with van der Waals surface area (Å²) >= 11 is 3.36. The van der Waals surface area contributed by atoms with E-state index in [0.29, 0.717) is 5.69 Å². The lowest BCUT2D eigenvalue weighted by Gasteiger charge is -2.13. The highest BCUT2D eigenvalue weighted by Crippen LogP contribution is 2.26. The molecule has 0 unspecified atom stereocenters. The molecule has 1 aromatic carbocycles. The maximum Gasteiger partial charge on any atom is 0.319 e. The van der Waals surface area contributed by atoms with Crippen LogP contribution in [-0.2, 0) is 4.79 Å². The Labute approximate surface area is 119 Å². The minimum absolute atomic E-state index is 0.109. The van der Waals surface area contributed by atoms with Crippen molar-refractivity contribution in [1.82, 2.24) is 5.16 Å². The number of hydrogen-bond acceptors (Lipinski definition) is 4. The number of esters is 1. The molecule has 0 radical (unpaired) electrons. The fourth-order valence-electron chi connectivity index (χ4n) is 1.31. The Morgan fingerprint density at radius 2 is 1.89 bits per heavy atom. The summed E-state index contributed by atoms with van der Waals surface area (Å²) in [7, 11) is 0. The van der Waals surface area contributed by atoms with Gasteiger partial charge in [-0.25, -0.2) is 0 Å². The van der Waals surface area contributed by atoms with Crippen LogP contribution >= 0.6 is 15.9 Å². The first kappa shape index (κ1) is 13.8. The molecule has 2 rings (SSSR count). The summed E-state index contributed by atoms with van der Waals surface area (Å²) < 4.78 is 11.1. The average Bonchev–Trinajstić information content (AvgIpc) is 2.77. The molecule has 0 aliphatic rings. The molecule has 0 aliphatic heterocycles. The third-order valence-electron chi connectivity index (χ3n) is 2.43. The van der Waals surface area contributed by atoms with Crippen molar-refractivity contribution in [3.8, 4) is 17.2 Å². The van der Waals surface area contributed by atoms with E-state index in [9.17, 15) is 4.79 Å². The molecule has 100 valence electrons. The van der Waals surface area contributed by atoms with Crippen molar-refractivity contribution in [3.05, 3.63) is 34.8 Å². The minimum Gasteiger partial charge on any atom is -0.391 e. The maximum absolute atomic E-state index is 11.7. The molecule has 4 nitrogen and oxygen atoms in total. The Bertz CT molecular complexity index is 581. The first-order chi connectivity index (χ1) is 8.86. The van der Waals surface area contributed by atoms with Gasteiger partial charge in [0, 0.05) is 10.0 Å². The molecule has 1 aromatic heterocycles. The highest BCUT2D eigenvalue weighted by Gasteiger charge is 2.25. The Morgan fingerprint density at radius 3 is 2.47 bits per heavy atom. The van der Waals surface area contributed by atoms with Crippen LogP contribution in [0.3, 0.4) is 0 Å². The van der Waals surface area contributed by atoms with Gasteiger partial charge in [0.05, 0.1) is 11.5 Å². The molecule has 0 fully saturated rings. The highest BCUT2D eigenvalue weighted by atomic mass is 79.9. The molecule has 2 aromatic rings. The molecule has 0 N–H and O–H groups in total. The van der Waals surface area contributed by atoms with Gasteiger partial charge in [-0.05, 0) is 32.9 Å². The second-order valence-corrected chi connectivity index (χ2v) is 6.09. The van der Waals surface area contributed by atoms with Crippen molar-refractivity contribution < 1.29 is 14.1 Å². The number of benzene rings is 1. The molecule has 19 heavy (non-hydrogen) atoms. The lowest BCUT2D eigenvalue weighted by Crippen LogP contribution is -2.25. The van der Waals surface area contributed by atoms with Crippen LogP contribution in [0, 0.1) is 5.41 Å². The van der Waals surface area contributed by atoms with E-state index in [2.05, 4.69) is 21.1 Å². The Hall–Kier alpha value is -1.62. The third kappa shape index (κ3) is 3.44. The number of carbonyl (C=O) groups is 1. The van der Waals surface area contributed by atoms with Gasteiger partial charge in [-0.15, -0.1) is 0 Å². The number of hydrogen-bond donors (Lipinski definition) is 0. The van der Waals surface area contributed by atoms with E-state index < -0.39 is 5.41 Å². The zero-order valence-corrected chi connectivity index (χ0v) is 12.5. The predicted octanol–water partition coefficient (Wildman–Crippen LogP) is 4.06. The van der Waals surface area contributed by atoms with Crippen LogP contribution in [0.1, 0.15) is 20.8 Å². The largest absolute Gasteiger partial charge is 0.391 e. The molecular formula is C14H14BrNO3. The summed E-state index contributed by atoms with van der Waals surface area (Å²) in [4.78, 5) is 11.7. The molecule has 0 atom stereocenters. The highest BCUT2D eigenvalue weighted by molar-refractivity contribution is 9.10. The Kier molecular flexibility index (Phi) is 3.75. The van der Waals surface area contributed by atoms with Gasteiger partial charge in [-0.1, -0.05) is 33.2 Å². The van der Waals surface area contributed by atoms with Crippen molar-refractivity contribution in [3.63, 3.8) is 0 Å². The molecule has 0 aliphatic carbocycles. The molecule has 0 spiro atoms. The van der Waals surface area contributed by atoms with Crippen LogP contribution in [0.2, 0.25) is 0 Å². The first-order valence-electron chi connectivity index (χ1n) is 5.81. The minimum atomic E-state index is -0.579. The SMILES string of the molecule is CC(C)(C)C(=O)Oc1cc(-c2ccc(Br)cc2)no1. The van der Waals surface area contributed by atoms with Gasteiger partial charge in [-0.2, -0.15) is 0 Å². The summed E-state index contributed by atoms with van der Waals surface area (Å²) in [6, 6.07) is 9.22. The Balaban J connectivity index is 2.16. The number of rotatable bonds is 2. The fourth-order valence-corrected chi connectivity index (χ4v) is 1.57. The second-order valence-electron chi connectivity index (χ2n) is 5.18. The van der Waals surface area contributed by atoms with Crippen LogP contribution in [-0.4, -0.2) is 11.1 Å². The van der Waals surface area contributed by atoms with Gasteiger partial charge < -0.3 is 9.26 Å². The summed E-state index contributed by atoms with van der Waals surface area (Å²) in [5.74, 6) is -0.246. The van der Waals surface area contributed by atoms with Crippen molar-refractivity contribution in [2.75, 3.05) is 0 Å². The van der Waals surface area contributed by atoms with E-state index in [-0.39, 0.29) is 11.9 Å². The first-order valence-corrected chi connectivity index (χ1v) is 6.60. The lowest BCUT2D eigenvalue weighted by atomic mass is 9.97. The quantitative estimate of drug-likeness (QED) is 0.782. The van der Waals surface area contributed by atoms with Crippen LogP contribution < -0.4 is 4.74 Å². The van der Waals surface area contributed by atoms with Gasteiger partial charge in [0.1, 0.15) is 5.69 Å². The molecule has 1 heterocycles. The van der Waals surface area contributed by atoms with Crippen molar-refractivity contribution in [2.45, 2.75) is 20.8 Å². The van der Waals surface area contributed by atoms with E-state index in [0.717, 1.165) is 10.0 Å². The van der Waals surface area contributed by atoms with Crippen LogP contribution in [0.4, 0.5) is 0 Å². The van der Waals surface area contributed by atoms with E-state index in [4.69, 9.17) is 9.26 Å². The molecule has 0 saturated heterocycles. The predicted molar refractivity (Wildman–Crippen MR) is 74.7 cm³/mol. The maximum atomic E-state index is 11.7. The van der Waals surface area contributed by atoms with Crippen LogP contribution in [0.5, 0.6) is 5.95 Å². The van der Waals surface area contributed by atoms with Gasteiger partial charge in [0.15, 0.2) is 0 Å². The molecule has 5 heteroatoms. The van der Waals surface area contributed by atoms with E-state index in [1.54, 1.807) is 26.8 Å². The molecule has 0 bridgehead atoms. The van der Waals surface area contributed by atoms with Gasteiger partial charge in [-0.3, -0.25) is 4.79 Å². The van der Waals surface area contributed by atoms with Crippen LogP contribution in [0.25, 0.3) is 11.3 Å². The zero-order valence-electron chi connectivity index (χ0n) is 10.9. The van der Waals surface area contributed by atoms with Crippen LogP contribution in [0.15, 0.2) is 39.3 Å². The molecule has 0 saturated carbocycles. The van der Waals surface area contributed by atoms with Crippen molar-refractivity contribution >= 4 is 21.9 Å². The van der Waals surface area contributed by atoms with Gasteiger partial charge in [0.25, 0.3) is 0 Å². The van der Waals surface area contributed by atoms with Crippen molar-refractivity contribution in [1.29, 1.82) is 0 Å². The summed E-state index contributed by atoms with van der Waals surface area (Å²) in [5, 5.41) is 3.88.